The van der Waals surface area contributed by atoms with E-state index in [2.05, 4.69) is 19.9 Å². The molecule has 2 rings (SSSR count). The zero-order chi connectivity index (χ0) is 26.1. The van der Waals surface area contributed by atoms with Gasteiger partial charge in [0.25, 0.3) is 0 Å². The number of aryl methyl sites for hydroxylation is 2. The summed E-state index contributed by atoms with van der Waals surface area (Å²) in [5.74, 6) is 0. The van der Waals surface area contributed by atoms with Gasteiger partial charge >= 0.3 is 29.6 Å². The van der Waals surface area contributed by atoms with Crippen molar-refractivity contribution in [1.29, 1.82) is 0 Å². The third kappa shape index (κ3) is 13.5. The Labute approximate surface area is 250 Å². The average Bonchev–Trinajstić information content (AvgIpc) is 2.86. The van der Waals surface area contributed by atoms with Crippen LogP contribution in [0.25, 0.3) is 10.8 Å². The summed E-state index contributed by atoms with van der Waals surface area (Å²) in [7, 11) is -4.50. The molecule has 0 fully saturated rings. The molecule has 204 valence electrons. The Morgan fingerprint density at radius 3 is 1.41 bits per heavy atom. The minimum atomic E-state index is -4.50. The first kappa shape index (κ1) is 34.6. The summed E-state index contributed by atoms with van der Waals surface area (Å²) in [6, 6.07) is 9.31. The van der Waals surface area contributed by atoms with Gasteiger partial charge in [0.2, 0.25) is 0 Å². The molecule has 0 spiro atoms. The molecule has 0 aliphatic heterocycles. The van der Waals surface area contributed by atoms with E-state index >= 15 is 0 Å². The molecule has 37 heavy (non-hydrogen) atoms. The Kier molecular flexibility index (Phi) is 19.2. The Bertz CT molecular complexity index is 943. The van der Waals surface area contributed by atoms with Crippen LogP contribution in [-0.4, -0.2) is 13.0 Å². The van der Waals surface area contributed by atoms with Gasteiger partial charge in [0.15, 0.2) is 0 Å². The summed E-state index contributed by atoms with van der Waals surface area (Å²) >= 11 is 0. The van der Waals surface area contributed by atoms with Gasteiger partial charge in [-0.25, -0.2) is 8.42 Å². The van der Waals surface area contributed by atoms with Gasteiger partial charge in [0.1, 0.15) is 10.1 Å². The minimum Gasteiger partial charge on any atom is -0.744 e. The van der Waals surface area contributed by atoms with Crippen LogP contribution in [0.1, 0.15) is 141 Å². The molecule has 0 bridgehead atoms. The largest absolute Gasteiger partial charge is 1.00 e. The molecule has 0 aliphatic rings. The van der Waals surface area contributed by atoms with Crippen molar-refractivity contribution in [3.63, 3.8) is 0 Å². The van der Waals surface area contributed by atoms with E-state index in [1.54, 1.807) is 0 Å². The van der Waals surface area contributed by atoms with Crippen molar-refractivity contribution in [3.05, 3.63) is 41.5 Å². The van der Waals surface area contributed by atoms with E-state index in [-0.39, 0.29) is 34.5 Å². The third-order valence-corrected chi connectivity index (χ3v) is 8.44. The molecule has 2 aromatic carbocycles. The molecule has 0 amide bonds. The third-order valence-electron chi connectivity index (χ3n) is 7.54. The van der Waals surface area contributed by atoms with Crippen LogP contribution >= 0.6 is 0 Å². The van der Waals surface area contributed by atoms with E-state index in [0.29, 0.717) is 5.39 Å². The maximum atomic E-state index is 12.0. The number of hydrogen-bond acceptors (Lipinski definition) is 3. The zero-order valence-electron chi connectivity index (χ0n) is 24.2. The van der Waals surface area contributed by atoms with Crippen LogP contribution in [0.15, 0.2) is 35.2 Å². The van der Waals surface area contributed by atoms with E-state index < -0.39 is 10.1 Å². The van der Waals surface area contributed by atoms with Gasteiger partial charge in [-0.05, 0) is 53.6 Å². The second kappa shape index (κ2) is 20.5. The maximum absolute atomic E-state index is 12.0. The fourth-order valence-electron chi connectivity index (χ4n) is 5.42. The SMILES string of the molecule is CCCCCCCCCCCc1cccc2c(S(=O)(=O)[O-])ccc(CCCCCCCCCCC)c12.[Na+]. The van der Waals surface area contributed by atoms with Crippen LogP contribution in [0.3, 0.4) is 0 Å². The molecule has 0 unspecified atom stereocenters. The number of hydrogen-bond donors (Lipinski definition) is 0. The smallest absolute Gasteiger partial charge is 0.744 e. The first-order chi connectivity index (χ1) is 17.5. The van der Waals surface area contributed by atoms with E-state index in [0.717, 1.165) is 31.1 Å². The first-order valence-electron chi connectivity index (χ1n) is 15.0. The average molecular weight is 539 g/mol. The van der Waals surface area contributed by atoms with Crippen LogP contribution < -0.4 is 29.6 Å². The molecule has 0 atom stereocenters. The fourth-order valence-corrected chi connectivity index (χ4v) is 6.10. The van der Waals surface area contributed by atoms with Gasteiger partial charge in [0, 0.05) is 0 Å². The second-order valence-electron chi connectivity index (χ2n) is 10.7. The molecular weight excluding hydrogens is 487 g/mol. The summed E-state index contributed by atoms with van der Waals surface area (Å²) in [6.07, 6.45) is 25.1. The molecule has 0 heterocycles. The summed E-state index contributed by atoms with van der Waals surface area (Å²) in [6.45, 7) is 4.51. The van der Waals surface area contributed by atoms with Gasteiger partial charge in [0.05, 0.1) is 4.90 Å². The van der Waals surface area contributed by atoms with Crippen molar-refractivity contribution in [2.75, 3.05) is 0 Å². The van der Waals surface area contributed by atoms with Gasteiger partial charge in [-0.2, -0.15) is 0 Å². The van der Waals surface area contributed by atoms with E-state index in [9.17, 15) is 13.0 Å². The van der Waals surface area contributed by atoms with E-state index in [4.69, 9.17) is 0 Å². The van der Waals surface area contributed by atoms with Crippen LogP contribution in [-0.2, 0) is 23.0 Å². The Morgan fingerprint density at radius 1 is 0.568 bits per heavy atom. The Balaban J connectivity index is 0.00000684. The molecule has 0 radical (unpaired) electrons. The van der Waals surface area contributed by atoms with Gasteiger partial charge in [-0.15, -0.1) is 0 Å². The van der Waals surface area contributed by atoms with Crippen molar-refractivity contribution in [3.8, 4) is 0 Å². The normalized spacial score (nSPS) is 11.6. The molecule has 0 saturated heterocycles. The molecular formula is C32H51NaO3S. The molecule has 0 saturated carbocycles. The van der Waals surface area contributed by atoms with Crippen molar-refractivity contribution >= 4 is 20.9 Å². The Morgan fingerprint density at radius 2 is 0.973 bits per heavy atom. The van der Waals surface area contributed by atoms with Crippen LogP contribution in [0.2, 0.25) is 0 Å². The quantitative estimate of drug-likeness (QED) is 0.0987. The summed E-state index contributed by atoms with van der Waals surface area (Å²) in [5.41, 5.74) is 2.40. The van der Waals surface area contributed by atoms with Crippen LogP contribution in [0, 0.1) is 0 Å². The first-order valence-corrected chi connectivity index (χ1v) is 16.4. The standard InChI is InChI=1S/C32H52O3S.Na/c1-3-5-7-9-11-13-15-17-19-22-28-24-21-25-30-31(36(33,34)35)27-26-29(32(28)30)23-20-18-16-14-12-10-8-6-4-2;/h21,24-27H,3-20,22-23H2,1-2H3,(H,33,34,35);/q;+1/p-1. The van der Waals surface area contributed by atoms with E-state index in [1.165, 1.54) is 120 Å². The summed E-state index contributed by atoms with van der Waals surface area (Å²) < 4.78 is 35.9. The van der Waals surface area contributed by atoms with E-state index in [1.807, 2.05) is 18.2 Å². The molecule has 0 aliphatic carbocycles. The molecule has 5 heteroatoms. The number of benzene rings is 2. The molecule has 0 N–H and O–H groups in total. The summed E-state index contributed by atoms with van der Waals surface area (Å²) in [5, 5.41) is 1.64. The predicted molar refractivity (Wildman–Crippen MR) is 154 cm³/mol. The number of fused-ring (bicyclic) bond motifs is 1. The van der Waals surface area contributed by atoms with Crippen molar-refractivity contribution in [2.45, 2.75) is 147 Å². The Hall–Kier alpha value is -0.390. The predicted octanol–water partition coefficient (Wildman–Crippen LogP) is 6.89. The number of unbranched alkanes of at least 4 members (excludes halogenated alkanes) is 16. The topological polar surface area (TPSA) is 57.2 Å². The van der Waals surface area contributed by atoms with Gasteiger partial charge in [-0.1, -0.05) is 141 Å². The van der Waals surface area contributed by atoms with Crippen molar-refractivity contribution in [1.82, 2.24) is 0 Å². The molecule has 0 aromatic heterocycles. The second-order valence-corrected chi connectivity index (χ2v) is 12.0. The van der Waals surface area contributed by atoms with Gasteiger partial charge in [-0.3, -0.25) is 0 Å². The monoisotopic (exact) mass is 538 g/mol. The fraction of sp³-hybridized carbons (Fsp3) is 0.688. The van der Waals surface area contributed by atoms with Crippen LogP contribution in [0.5, 0.6) is 0 Å². The van der Waals surface area contributed by atoms with Crippen molar-refractivity contribution in [2.24, 2.45) is 0 Å². The molecule has 2 aromatic rings. The summed E-state index contributed by atoms with van der Waals surface area (Å²) in [4.78, 5) is -0.0674. The van der Waals surface area contributed by atoms with Crippen molar-refractivity contribution < 1.29 is 42.5 Å². The van der Waals surface area contributed by atoms with Crippen LogP contribution in [0.4, 0.5) is 0 Å². The zero-order valence-corrected chi connectivity index (χ0v) is 27.0. The number of rotatable bonds is 21. The minimum absolute atomic E-state index is 0. The molecule has 3 nitrogen and oxygen atoms in total. The maximum Gasteiger partial charge on any atom is 1.00 e. The van der Waals surface area contributed by atoms with Gasteiger partial charge < -0.3 is 4.55 Å².